The van der Waals surface area contributed by atoms with Crippen LogP contribution in [0.15, 0.2) is 53.4 Å². The third-order valence-corrected chi connectivity index (χ3v) is 5.21. The number of aryl methyl sites for hydroxylation is 1. The first-order valence-electron chi connectivity index (χ1n) is 8.55. The molecule has 2 aromatic carbocycles. The normalized spacial score (nSPS) is 11.9. The van der Waals surface area contributed by atoms with Gasteiger partial charge in [0.15, 0.2) is 6.10 Å². The molecule has 0 saturated carbocycles. The van der Waals surface area contributed by atoms with E-state index in [0.29, 0.717) is 10.5 Å². The lowest BCUT2D eigenvalue weighted by Gasteiger charge is -2.12. The maximum atomic E-state index is 12.8. The van der Waals surface area contributed by atoms with E-state index >= 15 is 0 Å². The molecule has 1 heterocycles. The van der Waals surface area contributed by atoms with Gasteiger partial charge in [0, 0.05) is 39.2 Å². The van der Waals surface area contributed by atoms with Crippen molar-refractivity contribution in [1.29, 1.82) is 0 Å². The molecule has 1 aromatic heterocycles. The monoisotopic (exact) mass is 398 g/mol. The Morgan fingerprint density at radius 2 is 1.86 bits per heavy atom. The van der Waals surface area contributed by atoms with E-state index in [2.05, 4.69) is 4.98 Å². The van der Waals surface area contributed by atoms with Crippen LogP contribution in [0, 0.1) is 17.0 Å². The number of rotatable bonds is 7. The lowest BCUT2D eigenvalue weighted by Crippen LogP contribution is -2.25. The van der Waals surface area contributed by atoms with Crippen LogP contribution in [0.3, 0.4) is 0 Å². The maximum Gasteiger partial charge on any atom is 0.316 e. The summed E-state index contributed by atoms with van der Waals surface area (Å²) in [5, 5.41) is 11.5. The minimum absolute atomic E-state index is 0.00228. The van der Waals surface area contributed by atoms with Crippen LogP contribution in [0.1, 0.15) is 23.0 Å². The summed E-state index contributed by atoms with van der Waals surface area (Å²) in [4.78, 5) is 38.9. The fourth-order valence-electron chi connectivity index (χ4n) is 2.89. The number of ketones is 1. The van der Waals surface area contributed by atoms with Crippen LogP contribution in [0.25, 0.3) is 10.9 Å². The van der Waals surface area contributed by atoms with Crippen LogP contribution < -0.4 is 0 Å². The van der Waals surface area contributed by atoms with Crippen LogP contribution in [0.2, 0.25) is 0 Å². The Kier molecular flexibility index (Phi) is 5.79. The molecule has 144 valence electrons. The van der Waals surface area contributed by atoms with Crippen LogP contribution >= 0.6 is 11.8 Å². The first kappa shape index (κ1) is 19.6. The molecule has 3 aromatic rings. The summed E-state index contributed by atoms with van der Waals surface area (Å²) in [6.45, 7) is 3.37. The van der Waals surface area contributed by atoms with Gasteiger partial charge in [0.1, 0.15) is 0 Å². The number of Topliss-reactive ketones (excluding diaryl/α,β-unsaturated/α-hetero) is 1. The molecule has 0 aliphatic heterocycles. The Bertz CT molecular complexity index is 1040. The second-order valence-electron chi connectivity index (χ2n) is 6.21. The van der Waals surface area contributed by atoms with Gasteiger partial charge >= 0.3 is 5.97 Å². The molecule has 1 atom stereocenters. The Balaban J connectivity index is 1.61. The minimum Gasteiger partial charge on any atom is -0.454 e. The van der Waals surface area contributed by atoms with Crippen molar-refractivity contribution in [3.05, 3.63) is 69.9 Å². The van der Waals surface area contributed by atoms with Crippen LogP contribution in [-0.2, 0) is 9.53 Å². The highest BCUT2D eigenvalue weighted by Gasteiger charge is 2.24. The van der Waals surface area contributed by atoms with E-state index < -0.39 is 17.0 Å². The van der Waals surface area contributed by atoms with E-state index in [1.54, 1.807) is 19.1 Å². The number of hydrogen-bond acceptors (Lipinski definition) is 6. The zero-order valence-electron chi connectivity index (χ0n) is 15.3. The van der Waals surface area contributed by atoms with Crippen LogP contribution in [0.5, 0.6) is 0 Å². The Morgan fingerprint density at radius 1 is 1.18 bits per heavy atom. The quantitative estimate of drug-likeness (QED) is 0.209. The SMILES string of the molecule is Cc1[nH]c2ccccc2c1C(=O)[C@H](C)OC(=O)CSc1ccc([N+](=O)[O-])cc1. The number of hydrogen-bond donors (Lipinski definition) is 1. The summed E-state index contributed by atoms with van der Waals surface area (Å²) in [6.07, 6.45) is -0.914. The van der Waals surface area contributed by atoms with E-state index in [0.717, 1.165) is 16.6 Å². The molecule has 0 bridgehead atoms. The zero-order valence-corrected chi connectivity index (χ0v) is 16.1. The molecule has 0 fully saturated rings. The number of H-pyrrole nitrogens is 1. The molecule has 0 radical (unpaired) electrons. The maximum absolute atomic E-state index is 12.8. The topological polar surface area (TPSA) is 102 Å². The van der Waals surface area contributed by atoms with Crippen molar-refractivity contribution < 1.29 is 19.2 Å². The van der Waals surface area contributed by atoms with Crippen molar-refractivity contribution in [3.63, 3.8) is 0 Å². The molecule has 8 heteroatoms. The summed E-state index contributed by atoms with van der Waals surface area (Å²) >= 11 is 1.19. The van der Waals surface area contributed by atoms with Crippen molar-refractivity contribution in [3.8, 4) is 0 Å². The average molecular weight is 398 g/mol. The smallest absolute Gasteiger partial charge is 0.316 e. The van der Waals surface area contributed by atoms with Gasteiger partial charge in [0.05, 0.1) is 10.7 Å². The summed E-state index contributed by atoms with van der Waals surface area (Å²) in [5.41, 5.74) is 2.10. The van der Waals surface area contributed by atoms with Gasteiger partial charge in [-0.25, -0.2) is 0 Å². The number of fused-ring (bicyclic) bond motifs is 1. The molecule has 7 nitrogen and oxygen atoms in total. The van der Waals surface area contributed by atoms with Gasteiger partial charge in [0.25, 0.3) is 5.69 Å². The van der Waals surface area contributed by atoms with Crippen LogP contribution in [0.4, 0.5) is 5.69 Å². The fraction of sp³-hybridized carbons (Fsp3) is 0.200. The highest BCUT2D eigenvalue weighted by Crippen LogP contribution is 2.25. The summed E-state index contributed by atoms with van der Waals surface area (Å²) in [6, 6.07) is 13.4. The number of carbonyl (C=O) groups is 2. The third-order valence-electron chi connectivity index (χ3n) is 4.22. The van der Waals surface area contributed by atoms with E-state index in [1.165, 1.54) is 23.9 Å². The van der Waals surface area contributed by atoms with E-state index in [4.69, 9.17) is 4.74 Å². The molecule has 0 aliphatic carbocycles. The summed E-state index contributed by atoms with van der Waals surface area (Å²) in [5.74, 6) is -0.784. The highest BCUT2D eigenvalue weighted by molar-refractivity contribution is 8.00. The van der Waals surface area contributed by atoms with Gasteiger partial charge in [-0.15, -0.1) is 11.8 Å². The number of nitro benzene ring substituents is 1. The zero-order chi connectivity index (χ0) is 20.3. The molecule has 0 spiro atoms. The molecule has 0 unspecified atom stereocenters. The Hall–Kier alpha value is -3.13. The van der Waals surface area contributed by atoms with Crippen molar-refractivity contribution in [2.45, 2.75) is 24.8 Å². The van der Waals surface area contributed by atoms with E-state index in [1.807, 2.05) is 31.2 Å². The number of nitrogens with zero attached hydrogens (tertiary/aromatic N) is 1. The molecule has 3 rings (SSSR count). The molecular weight excluding hydrogens is 380 g/mol. The number of nitro groups is 1. The highest BCUT2D eigenvalue weighted by atomic mass is 32.2. The van der Waals surface area contributed by atoms with Crippen molar-refractivity contribution >= 4 is 40.1 Å². The van der Waals surface area contributed by atoms with Gasteiger partial charge in [0.2, 0.25) is 5.78 Å². The molecule has 1 N–H and O–H groups in total. The molecule has 28 heavy (non-hydrogen) atoms. The van der Waals surface area contributed by atoms with Gasteiger partial charge in [-0.3, -0.25) is 19.7 Å². The van der Waals surface area contributed by atoms with Crippen LogP contribution in [-0.4, -0.2) is 33.5 Å². The average Bonchev–Trinajstić information content (AvgIpc) is 3.01. The standard InChI is InChI=1S/C20H18N2O5S/c1-12-19(16-5-3-4-6-17(16)21-12)20(24)13(2)27-18(23)11-28-15-9-7-14(8-10-15)22(25)26/h3-10,13,21H,11H2,1-2H3/t13-/m0/s1. The number of non-ortho nitro benzene ring substituents is 1. The summed E-state index contributed by atoms with van der Waals surface area (Å²) in [7, 11) is 0. The number of thioether (sulfide) groups is 1. The Morgan fingerprint density at radius 3 is 2.54 bits per heavy atom. The predicted molar refractivity (Wildman–Crippen MR) is 107 cm³/mol. The number of aromatic nitrogens is 1. The molecule has 0 saturated heterocycles. The first-order chi connectivity index (χ1) is 13.4. The largest absolute Gasteiger partial charge is 0.454 e. The Labute approximate surface area is 165 Å². The number of nitrogens with one attached hydrogen (secondary N) is 1. The van der Waals surface area contributed by atoms with Gasteiger partial charge in [-0.2, -0.15) is 0 Å². The van der Waals surface area contributed by atoms with E-state index in [-0.39, 0.29) is 17.2 Å². The molecule has 0 amide bonds. The number of benzene rings is 2. The number of carbonyl (C=O) groups excluding carboxylic acids is 2. The predicted octanol–water partition coefficient (Wildman–Crippen LogP) is 4.29. The number of aromatic amines is 1. The number of esters is 1. The number of ether oxygens (including phenoxy) is 1. The lowest BCUT2D eigenvalue weighted by molar-refractivity contribution is -0.384. The second kappa shape index (κ2) is 8.26. The lowest BCUT2D eigenvalue weighted by atomic mass is 10.0. The fourth-order valence-corrected chi connectivity index (χ4v) is 3.57. The van der Waals surface area contributed by atoms with Crippen molar-refractivity contribution in [2.24, 2.45) is 0 Å². The van der Waals surface area contributed by atoms with Crippen molar-refractivity contribution in [2.75, 3.05) is 5.75 Å². The molecule has 0 aliphatic rings. The third kappa shape index (κ3) is 4.23. The molecular formula is C20H18N2O5S. The first-order valence-corrected chi connectivity index (χ1v) is 9.53. The van der Waals surface area contributed by atoms with E-state index in [9.17, 15) is 19.7 Å². The number of para-hydroxylation sites is 1. The minimum atomic E-state index is -0.914. The van der Waals surface area contributed by atoms with Gasteiger partial charge in [-0.05, 0) is 32.0 Å². The summed E-state index contributed by atoms with van der Waals surface area (Å²) < 4.78 is 5.29. The van der Waals surface area contributed by atoms with Gasteiger partial charge in [-0.1, -0.05) is 18.2 Å². The van der Waals surface area contributed by atoms with Gasteiger partial charge < -0.3 is 9.72 Å². The second-order valence-corrected chi connectivity index (χ2v) is 7.26. The van der Waals surface area contributed by atoms with Crippen molar-refractivity contribution in [1.82, 2.24) is 4.98 Å².